The highest BCUT2D eigenvalue weighted by Crippen LogP contribution is 2.42. The molecule has 1 saturated carbocycles. The first-order chi connectivity index (χ1) is 9.10. The molecule has 1 N–H and O–H groups in total. The van der Waals surface area contributed by atoms with E-state index in [1.54, 1.807) is 5.56 Å². The molecule has 1 heterocycles. The molecule has 2 heteroatoms. The van der Waals surface area contributed by atoms with Gasteiger partial charge >= 0.3 is 0 Å². The summed E-state index contributed by atoms with van der Waals surface area (Å²) in [7, 11) is 0. The zero-order chi connectivity index (χ0) is 13.8. The molecule has 0 spiro atoms. The summed E-state index contributed by atoms with van der Waals surface area (Å²) in [6.45, 7) is 10.3. The Morgan fingerprint density at radius 2 is 2.16 bits per heavy atom. The predicted octanol–water partition coefficient (Wildman–Crippen LogP) is 4.96. The van der Waals surface area contributed by atoms with E-state index in [0.717, 1.165) is 17.8 Å². The number of hydrogen-bond acceptors (Lipinski definition) is 2. The third-order valence-electron chi connectivity index (χ3n) is 4.65. The fourth-order valence-corrected chi connectivity index (χ4v) is 4.16. The van der Waals surface area contributed by atoms with Crippen LogP contribution in [0, 0.1) is 18.8 Å². The van der Waals surface area contributed by atoms with Crippen LogP contribution in [0.1, 0.15) is 62.8 Å². The van der Waals surface area contributed by atoms with Crippen molar-refractivity contribution >= 4 is 11.3 Å². The minimum atomic E-state index is 0.605. The van der Waals surface area contributed by atoms with Crippen LogP contribution in [0.15, 0.2) is 11.4 Å². The van der Waals surface area contributed by atoms with Crippen molar-refractivity contribution in [3.63, 3.8) is 0 Å². The van der Waals surface area contributed by atoms with E-state index in [0.29, 0.717) is 6.04 Å². The summed E-state index contributed by atoms with van der Waals surface area (Å²) in [6, 6.07) is 3.03. The molecule has 0 aromatic carbocycles. The van der Waals surface area contributed by atoms with E-state index in [1.165, 1.54) is 37.1 Å². The molecule has 2 rings (SSSR count). The van der Waals surface area contributed by atoms with Gasteiger partial charge in [-0.2, -0.15) is 0 Å². The number of rotatable bonds is 5. The van der Waals surface area contributed by atoms with Crippen molar-refractivity contribution in [1.29, 1.82) is 0 Å². The molecule has 0 aliphatic heterocycles. The van der Waals surface area contributed by atoms with Crippen LogP contribution in [0.3, 0.4) is 0 Å². The molecule has 0 radical (unpaired) electrons. The van der Waals surface area contributed by atoms with Gasteiger partial charge in [0.15, 0.2) is 0 Å². The van der Waals surface area contributed by atoms with E-state index >= 15 is 0 Å². The number of thiophene rings is 1. The SMILES string of the molecule is CCC1CCC(CNC(C)C)C(c2csc(C)c2)C1. The van der Waals surface area contributed by atoms with Crippen LogP contribution in [-0.4, -0.2) is 12.6 Å². The maximum atomic E-state index is 3.66. The van der Waals surface area contributed by atoms with E-state index in [9.17, 15) is 0 Å². The van der Waals surface area contributed by atoms with Crippen LogP contribution in [0.5, 0.6) is 0 Å². The van der Waals surface area contributed by atoms with Gasteiger partial charge in [0.25, 0.3) is 0 Å². The molecule has 19 heavy (non-hydrogen) atoms. The van der Waals surface area contributed by atoms with Gasteiger partial charge in [-0.25, -0.2) is 0 Å². The maximum absolute atomic E-state index is 3.66. The molecular formula is C17H29NS. The van der Waals surface area contributed by atoms with E-state index in [-0.39, 0.29) is 0 Å². The quantitative estimate of drug-likeness (QED) is 0.803. The lowest BCUT2D eigenvalue weighted by Gasteiger charge is -2.36. The first kappa shape index (κ1) is 15.1. The third-order valence-corrected chi connectivity index (χ3v) is 5.53. The van der Waals surface area contributed by atoms with Gasteiger partial charge in [0, 0.05) is 10.9 Å². The average Bonchev–Trinajstić information content (AvgIpc) is 2.82. The number of aryl methyl sites for hydroxylation is 1. The molecule has 0 saturated heterocycles. The van der Waals surface area contributed by atoms with Crippen LogP contribution < -0.4 is 5.32 Å². The molecule has 1 nitrogen and oxygen atoms in total. The molecule has 3 unspecified atom stereocenters. The van der Waals surface area contributed by atoms with Gasteiger partial charge in [0.05, 0.1) is 0 Å². The lowest BCUT2D eigenvalue weighted by Crippen LogP contribution is -2.34. The van der Waals surface area contributed by atoms with Crippen LogP contribution in [0.4, 0.5) is 0 Å². The first-order valence-electron chi connectivity index (χ1n) is 7.88. The fraction of sp³-hybridized carbons (Fsp3) is 0.765. The fourth-order valence-electron chi connectivity index (χ4n) is 3.39. The summed E-state index contributed by atoms with van der Waals surface area (Å²) in [5.41, 5.74) is 1.61. The normalized spacial score (nSPS) is 27.9. The lowest BCUT2D eigenvalue weighted by molar-refractivity contribution is 0.223. The number of nitrogens with one attached hydrogen (secondary N) is 1. The van der Waals surface area contributed by atoms with E-state index < -0.39 is 0 Å². The zero-order valence-corrected chi connectivity index (χ0v) is 13.7. The zero-order valence-electron chi connectivity index (χ0n) is 12.9. The van der Waals surface area contributed by atoms with Crippen molar-refractivity contribution < 1.29 is 0 Å². The highest BCUT2D eigenvalue weighted by molar-refractivity contribution is 7.10. The van der Waals surface area contributed by atoms with E-state index in [1.807, 2.05) is 11.3 Å². The maximum Gasteiger partial charge on any atom is 0.00171 e. The predicted molar refractivity (Wildman–Crippen MR) is 86.1 cm³/mol. The van der Waals surface area contributed by atoms with Crippen LogP contribution in [-0.2, 0) is 0 Å². The molecule has 108 valence electrons. The largest absolute Gasteiger partial charge is 0.314 e. The third kappa shape index (κ3) is 4.06. The van der Waals surface area contributed by atoms with Crippen molar-refractivity contribution in [1.82, 2.24) is 5.32 Å². The Morgan fingerprint density at radius 1 is 1.37 bits per heavy atom. The summed E-state index contributed by atoms with van der Waals surface area (Å²) < 4.78 is 0. The van der Waals surface area contributed by atoms with Crippen LogP contribution in [0.2, 0.25) is 0 Å². The van der Waals surface area contributed by atoms with Crippen LogP contribution >= 0.6 is 11.3 Å². The summed E-state index contributed by atoms with van der Waals surface area (Å²) in [6.07, 6.45) is 5.58. The highest BCUT2D eigenvalue weighted by Gasteiger charge is 2.31. The van der Waals surface area contributed by atoms with Crippen molar-refractivity contribution in [2.24, 2.45) is 11.8 Å². The standard InChI is InChI=1S/C17H29NS/c1-5-14-6-7-15(10-18-12(2)3)17(9-14)16-8-13(4)19-11-16/h8,11-12,14-15,17-18H,5-7,9-10H2,1-4H3. The van der Waals surface area contributed by atoms with Crippen LogP contribution in [0.25, 0.3) is 0 Å². The monoisotopic (exact) mass is 279 g/mol. The average molecular weight is 279 g/mol. The van der Waals surface area contributed by atoms with Gasteiger partial charge in [-0.15, -0.1) is 11.3 Å². The Bertz CT molecular complexity index is 382. The highest BCUT2D eigenvalue weighted by atomic mass is 32.1. The van der Waals surface area contributed by atoms with E-state index in [2.05, 4.69) is 44.5 Å². The van der Waals surface area contributed by atoms with Crippen molar-refractivity contribution in [3.05, 3.63) is 21.9 Å². The second-order valence-electron chi connectivity index (χ2n) is 6.51. The topological polar surface area (TPSA) is 12.0 Å². The smallest absolute Gasteiger partial charge is 0.00171 e. The Hall–Kier alpha value is -0.340. The molecule has 1 aromatic rings. The molecule has 1 aliphatic rings. The Labute approximate surface area is 122 Å². The molecule has 1 aliphatic carbocycles. The molecule has 1 aromatic heterocycles. The summed E-state index contributed by atoms with van der Waals surface area (Å²) in [5, 5.41) is 6.06. The molecule has 0 amide bonds. The van der Waals surface area contributed by atoms with Gasteiger partial charge in [-0.1, -0.05) is 33.6 Å². The van der Waals surface area contributed by atoms with Gasteiger partial charge in [0.2, 0.25) is 0 Å². The lowest BCUT2D eigenvalue weighted by atomic mass is 9.71. The van der Waals surface area contributed by atoms with Crippen molar-refractivity contribution in [3.8, 4) is 0 Å². The summed E-state index contributed by atoms with van der Waals surface area (Å²) in [5.74, 6) is 2.56. The molecule has 1 fully saturated rings. The first-order valence-corrected chi connectivity index (χ1v) is 8.76. The molecule has 3 atom stereocenters. The minimum absolute atomic E-state index is 0.605. The van der Waals surface area contributed by atoms with Crippen molar-refractivity contribution in [2.45, 2.75) is 65.3 Å². The Kier molecular flexibility index (Phi) is 5.47. The Morgan fingerprint density at radius 3 is 2.74 bits per heavy atom. The minimum Gasteiger partial charge on any atom is -0.314 e. The Balaban J connectivity index is 2.07. The van der Waals surface area contributed by atoms with Gasteiger partial charge in [-0.05, 0) is 61.1 Å². The molecule has 0 bridgehead atoms. The molecular weight excluding hydrogens is 250 g/mol. The van der Waals surface area contributed by atoms with Gasteiger partial charge < -0.3 is 5.32 Å². The number of hydrogen-bond donors (Lipinski definition) is 1. The van der Waals surface area contributed by atoms with E-state index in [4.69, 9.17) is 0 Å². The summed E-state index contributed by atoms with van der Waals surface area (Å²) >= 11 is 1.91. The van der Waals surface area contributed by atoms with Crippen molar-refractivity contribution in [2.75, 3.05) is 6.54 Å². The van der Waals surface area contributed by atoms with Gasteiger partial charge in [-0.3, -0.25) is 0 Å². The second-order valence-corrected chi connectivity index (χ2v) is 7.62. The van der Waals surface area contributed by atoms with Gasteiger partial charge in [0.1, 0.15) is 0 Å². The summed E-state index contributed by atoms with van der Waals surface area (Å²) in [4.78, 5) is 1.46. The second kappa shape index (κ2) is 6.90.